The molecule has 214 valence electrons. The van der Waals surface area contributed by atoms with E-state index < -0.39 is 41.6 Å². The van der Waals surface area contributed by atoms with Gasteiger partial charge >= 0.3 is 5.97 Å². The Balaban J connectivity index is 1.30. The molecule has 2 fully saturated rings. The van der Waals surface area contributed by atoms with Crippen molar-refractivity contribution in [3.8, 4) is 0 Å². The third-order valence-electron chi connectivity index (χ3n) is 7.21. The number of nitrogens with zero attached hydrogens (tertiary/aromatic N) is 2. The highest BCUT2D eigenvalue weighted by atomic mass is 16.8. The lowest BCUT2D eigenvalue weighted by Crippen LogP contribution is -2.56. The van der Waals surface area contributed by atoms with Gasteiger partial charge in [0.05, 0.1) is 16.8 Å². The molecule has 3 atom stereocenters. The molecule has 0 unspecified atom stereocenters. The third-order valence-corrected chi connectivity index (χ3v) is 7.21. The highest BCUT2D eigenvalue weighted by Gasteiger charge is 2.49. The van der Waals surface area contributed by atoms with Gasteiger partial charge in [-0.25, -0.2) is 4.79 Å². The minimum atomic E-state index is -1.49. The number of fused-ring (bicyclic) bond motifs is 1. The van der Waals surface area contributed by atoms with Gasteiger partial charge < -0.3 is 34.7 Å². The summed E-state index contributed by atoms with van der Waals surface area (Å²) in [6.07, 6.45) is -1.49. The average molecular weight is 563 g/mol. The number of nitrogens with one attached hydrogen (secondary N) is 2. The lowest BCUT2D eigenvalue weighted by molar-refractivity contribution is -0.166. The number of ether oxygens (including phenoxy) is 2. The van der Waals surface area contributed by atoms with Crippen LogP contribution in [0.5, 0.6) is 0 Å². The van der Waals surface area contributed by atoms with Crippen molar-refractivity contribution in [3.05, 3.63) is 65.9 Å². The Bertz CT molecular complexity index is 1530. The Labute approximate surface area is 235 Å². The van der Waals surface area contributed by atoms with Gasteiger partial charge in [-0.2, -0.15) is 0 Å². The zero-order valence-corrected chi connectivity index (χ0v) is 22.7. The van der Waals surface area contributed by atoms with Crippen LogP contribution in [0.1, 0.15) is 41.5 Å². The summed E-state index contributed by atoms with van der Waals surface area (Å²) in [5.41, 5.74) is 1.35. The van der Waals surface area contributed by atoms with Gasteiger partial charge in [-0.1, -0.05) is 30.3 Å². The van der Waals surface area contributed by atoms with Crippen molar-refractivity contribution in [1.29, 1.82) is 0 Å². The molecule has 12 heteroatoms. The summed E-state index contributed by atoms with van der Waals surface area (Å²) in [5, 5.41) is 12.5. The number of amides is 3. The summed E-state index contributed by atoms with van der Waals surface area (Å²) < 4.78 is 10.9. The maximum absolute atomic E-state index is 13.4. The molecule has 2 aliphatic rings. The second-order valence-electron chi connectivity index (χ2n) is 10.5. The van der Waals surface area contributed by atoms with Gasteiger partial charge in [0.15, 0.2) is 18.0 Å². The van der Waals surface area contributed by atoms with Crippen molar-refractivity contribution in [2.24, 2.45) is 0 Å². The summed E-state index contributed by atoms with van der Waals surface area (Å²) in [7, 11) is 0. The molecule has 41 heavy (non-hydrogen) atoms. The maximum Gasteiger partial charge on any atom is 0.336 e. The predicted molar refractivity (Wildman–Crippen MR) is 146 cm³/mol. The third kappa shape index (κ3) is 5.43. The predicted octanol–water partition coefficient (Wildman–Crippen LogP) is 2.27. The van der Waals surface area contributed by atoms with Crippen LogP contribution in [0.25, 0.3) is 10.9 Å². The van der Waals surface area contributed by atoms with Crippen molar-refractivity contribution in [2.75, 3.05) is 25.0 Å². The van der Waals surface area contributed by atoms with Crippen molar-refractivity contribution < 1.29 is 38.6 Å². The van der Waals surface area contributed by atoms with Gasteiger partial charge in [0.2, 0.25) is 0 Å². The van der Waals surface area contributed by atoms with Gasteiger partial charge in [-0.05, 0) is 39.0 Å². The number of carbonyl (C=O) groups excluding carboxylic acids is 4. The number of carbonyl (C=O) groups is 5. The van der Waals surface area contributed by atoms with E-state index in [9.17, 15) is 29.1 Å². The molecule has 0 radical (unpaired) electrons. The van der Waals surface area contributed by atoms with Crippen LogP contribution in [0.4, 0.5) is 5.69 Å². The Kier molecular flexibility index (Phi) is 7.37. The van der Waals surface area contributed by atoms with E-state index >= 15 is 0 Å². The molecule has 3 aromatic rings. The van der Waals surface area contributed by atoms with Crippen LogP contribution in [-0.2, 0) is 23.9 Å². The number of carboxylic acid groups (broad SMARTS) is 1. The van der Waals surface area contributed by atoms with Crippen LogP contribution in [0.3, 0.4) is 0 Å². The lowest BCUT2D eigenvalue weighted by atomic mass is 10.1. The lowest BCUT2D eigenvalue weighted by Gasteiger charge is -2.39. The molecule has 3 amide bonds. The highest BCUT2D eigenvalue weighted by Crippen LogP contribution is 2.31. The number of H-pyrrole nitrogens is 1. The molecule has 12 nitrogen and oxygen atoms in total. The average Bonchev–Trinajstić information content (AvgIpc) is 3.53. The van der Waals surface area contributed by atoms with Gasteiger partial charge in [0.25, 0.3) is 23.5 Å². The summed E-state index contributed by atoms with van der Waals surface area (Å²) in [6, 6.07) is 13.3. The smallest absolute Gasteiger partial charge is 0.336 e. The molecule has 2 aromatic carbocycles. The van der Waals surface area contributed by atoms with Gasteiger partial charge in [-0.3, -0.25) is 19.2 Å². The number of Topliss-reactive ketones (excluding diaryl/α,β-unsaturated/α-hetero) is 1. The number of para-hydroxylation sites is 1. The number of piperazine rings is 1. The number of anilines is 1. The largest absolute Gasteiger partial charge is 0.479 e. The summed E-state index contributed by atoms with van der Waals surface area (Å²) in [4.78, 5) is 70.1. The van der Waals surface area contributed by atoms with E-state index in [1.165, 1.54) is 24.9 Å². The number of aromatic nitrogens is 1. The Morgan fingerprint density at radius 1 is 0.976 bits per heavy atom. The van der Waals surface area contributed by atoms with Crippen molar-refractivity contribution in [3.63, 3.8) is 0 Å². The van der Waals surface area contributed by atoms with E-state index in [4.69, 9.17) is 9.47 Å². The number of benzene rings is 2. The zero-order valence-electron chi connectivity index (χ0n) is 22.7. The molecule has 3 N–H and O–H groups in total. The molecule has 2 aliphatic heterocycles. The standard InChI is InChI=1S/C29H30N4O8/c1-16-15-32(26(36)17-8-5-4-6-9-17)12-13-33(16)27(37)22(34)19-14-30-21-18(19)10-7-11-20(21)31-25(35)23-24(28(38)39)41-29(2,3)40-23/h4-11,14,16,23-24,30H,12-13,15H2,1-3H3,(H,31,35)(H,38,39)/t16-,23-,24-/m1/s1. The number of hydrogen-bond donors (Lipinski definition) is 3. The molecule has 1 aromatic heterocycles. The topological polar surface area (TPSA) is 158 Å². The normalized spacial score (nSPS) is 22.0. The van der Waals surface area contributed by atoms with E-state index in [0.717, 1.165) is 0 Å². The minimum Gasteiger partial charge on any atom is -0.479 e. The van der Waals surface area contributed by atoms with Crippen molar-refractivity contribution in [2.45, 2.75) is 44.8 Å². The fourth-order valence-electron chi connectivity index (χ4n) is 5.24. The molecule has 0 aliphatic carbocycles. The van der Waals surface area contributed by atoms with E-state index in [1.807, 2.05) is 6.07 Å². The first-order valence-corrected chi connectivity index (χ1v) is 13.2. The number of rotatable bonds is 6. The summed E-state index contributed by atoms with van der Waals surface area (Å²) in [5.74, 6) is -4.88. The molecule has 3 heterocycles. The second-order valence-corrected chi connectivity index (χ2v) is 10.5. The molecule has 2 saturated heterocycles. The zero-order chi connectivity index (χ0) is 29.5. The fraction of sp³-hybridized carbons (Fsp3) is 0.345. The van der Waals surface area contributed by atoms with Crippen molar-refractivity contribution >= 4 is 46.1 Å². The number of ketones is 1. The first kappa shape index (κ1) is 28.0. The van der Waals surface area contributed by atoms with Crippen LogP contribution in [0.15, 0.2) is 54.7 Å². The highest BCUT2D eigenvalue weighted by molar-refractivity contribution is 6.45. The van der Waals surface area contributed by atoms with Gasteiger partial charge in [0, 0.05) is 42.8 Å². The Morgan fingerprint density at radius 3 is 2.37 bits per heavy atom. The monoisotopic (exact) mass is 562 g/mol. The van der Waals surface area contributed by atoms with Crippen molar-refractivity contribution in [1.82, 2.24) is 14.8 Å². The van der Waals surface area contributed by atoms with E-state index in [1.54, 1.807) is 54.3 Å². The van der Waals surface area contributed by atoms with Gasteiger partial charge in [-0.15, -0.1) is 0 Å². The molecule has 0 spiro atoms. The molecule has 5 rings (SSSR count). The Hall–Kier alpha value is -4.55. The second kappa shape index (κ2) is 10.8. The van der Waals surface area contributed by atoms with E-state index in [0.29, 0.717) is 23.0 Å². The van der Waals surface area contributed by atoms with E-state index in [-0.39, 0.29) is 36.3 Å². The van der Waals surface area contributed by atoms with Crippen LogP contribution in [0, 0.1) is 0 Å². The van der Waals surface area contributed by atoms with Crippen LogP contribution in [0.2, 0.25) is 0 Å². The van der Waals surface area contributed by atoms with E-state index in [2.05, 4.69) is 10.3 Å². The first-order valence-electron chi connectivity index (χ1n) is 13.2. The molecular weight excluding hydrogens is 532 g/mol. The first-order chi connectivity index (χ1) is 19.5. The summed E-state index contributed by atoms with van der Waals surface area (Å²) in [6.45, 7) is 5.61. The van der Waals surface area contributed by atoms with Crippen LogP contribution in [-0.4, -0.2) is 93.0 Å². The number of carboxylic acids is 1. The Morgan fingerprint density at radius 2 is 1.68 bits per heavy atom. The number of aromatic amines is 1. The van der Waals surface area contributed by atoms with Crippen LogP contribution >= 0.6 is 0 Å². The van der Waals surface area contributed by atoms with Crippen LogP contribution < -0.4 is 5.32 Å². The maximum atomic E-state index is 13.4. The molecule has 0 saturated carbocycles. The SMILES string of the molecule is C[C@@H]1CN(C(=O)c2ccccc2)CCN1C(=O)C(=O)c1c[nH]c2c(NC(=O)[C@@H]3OC(C)(C)O[C@H]3C(=O)O)cccc12. The number of hydrogen-bond acceptors (Lipinski definition) is 7. The quantitative estimate of drug-likeness (QED) is 0.305. The summed E-state index contributed by atoms with van der Waals surface area (Å²) >= 11 is 0. The number of aliphatic carboxylic acids is 1. The molecule has 0 bridgehead atoms. The fourth-order valence-corrected chi connectivity index (χ4v) is 5.24. The minimum absolute atomic E-state index is 0.126. The molecular formula is C29H30N4O8. The van der Waals surface area contributed by atoms with Gasteiger partial charge in [0.1, 0.15) is 0 Å².